The molecule has 16 heavy (non-hydrogen) atoms. The Kier molecular flexibility index (Phi) is 3.40. The Bertz CT molecular complexity index is 482. The number of fused-ring (bicyclic) bond motifs is 1. The third-order valence-corrected chi connectivity index (χ3v) is 3.77. The maximum atomic E-state index is 10.8. The summed E-state index contributed by atoms with van der Waals surface area (Å²) in [6.07, 6.45) is 2.51. The first kappa shape index (κ1) is 11.7. The van der Waals surface area contributed by atoms with Crippen LogP contribution in [0.3, 0.4) is 0 Å². The van der Waals surface area contributed by atoms with Crippen molar-refractivity contribution in [1.82, 2.24) is 0 Å². The maximum Gasteiger partial charge on any atom is 0.232 e. The minimum Gasteiger partial charge on any atom is -0.493 e. The van der Waals surface area contributed by atoms with Gasteiger partial charge in [0, 0.05) is 10.7 Å². The van der Waals surface area contributed by atoms with E-state index >= 15 is 0 Å². The number of ether oxygens (including phenoxy) is 1. The molecule has 0 aliphatic carbocycles. The van der Waals surface area contributed by atoms with E-state index in [9.17, 15) is 8.42 Å². The zero-order chi connectivity index (χ0) is 11.6. The molecule has 0 saturated heterocycles. The Hall–Kier alpha value is -0.740. The average molecular weight is 261 g/mol. The quantitative estimate of drug-likeness (QED) is 0.782. The second-order valence-electron chi connectivity index (χ2n) is 3.89. The van der Waals surface area contributed by atoms with Crippen LogP contribution in [0.5, 0.6) is 5.75 Å². The van der Waals surface area contributed by atoms with Gasteiger partial charge in [-0.3, -0.25) is 0 Å². The van der Waals surface area contributed by atoms with Crippen molar-refractivity contribution in [3.63, 3.8) is 0 Å². The van der Waals surface area contributed by atoms with Crippen LogP contribution in [0.25, 0.3) is 0 Å². The standard InChI is InChI=1S/C11H13ClO3S/c12-16(13,14)7-5-9-3-4-10-2-1-6-15-11(10)8-9/h3-4,8H,1-2,5-7H2. The highest BCUT2D eigenvalue weighted by Gasteiger charge is 2.12. The molecule has 0 bridgehead atoms. The Morgan fingerprint density at radius 3 is 2.94 bits per heavy atom. The molecule has 88 valence electrons. The molecule has 0 spiro atoms. The predicted octanol–water partition coefficient (Wildman–Crippen LogP) is 2.12. The van der Waals surface area contributed by atoms with Crippen molar-refractivity contribution in [2.45, 2.75) is 19.3 Å². The molecule has 1 heterocycles. The van der Waals surface area contributed by atoms with Crippen molar-refractivity contribution < 1.29 is 13.2 Å². The Morgan fingerprint density at radius 1 is 1.38 bits per heavy atom. The van der Waals surface area contributed by atoms with E-state index in [0.29, 0.717) is 6.42 Å². The van der Waals surface area contributed by atoms with Gasteiger partial charge in [0.15, 0.2) is 0 Å². The summed E-state index contributed by atoms with van der Waals surface area (Å²) >= 11 is 0. The monoisotopic (exact) mass is 260 g/mol. The molecule has 1 aliphatic rings. The van der Waals surface area contributed by atoms with Gasteiger partial charge in [-0.05, 0) is 36.5 Å². The Morgan fingerprint density at radius 2 is 2.19 bits per heavy atom. The molecule has 0 aromatic heterocycles. The lowest BCUT2D eigenvalue weighted by Crippen LogP contribution is -2.09. The van der Waals surface area contributed by atoms with Crippen molar-refractivity contribution in [1.29, 1.82) is 0 Å². The molecule has 1 aromatic rings. The zero-order valence-corrected chi connectivity index (χ0v) is 10.4. The molecule has 0 saturated carbocycles. The van der Waals surface area contributed by atoms with Crippen LogP contribution in [-0.2, 0) is 21.9 Å². The number of rotatable bonds is 3. The van der Waals surface area contributed by atoms with Crippen molar-refractivity contribution in [3.8, 4) is 5.75 Å². The summed E-state index contributed by atoms with van der Waals surface area (Å²) in [5.74, 6) is 0.851. The first-order chi connectivity index (χ1) is 7.54. The molecular weight excluding hydrogens is 248 g/mol. The first-order valence-electron chi connectivity index (χ1n) is 5.21. The zero-order valence-electron chi connectivity index (χ0n) is 8.78. The second kappa shape index (κ2) is 4.63. The van der Waals surface area contributed by atoms with Gasteiger partial charge in [-0.15, -0.1) is 0 Å². The largest absolute Gasteiger partial charge is 0.493 e. The summed E-state index contributed by atoms with van der Waals surface area (Å²) in [6, 6.07) is 5.86. The summed E-state index contributed by atoms with van der Waals surface area (Å²) < 4.78 is 27.2. The first-order valence-corrected chi connectivity index (χ1v) is 7.69. The van der Waals surface area contributed by atoms with Crippen LogP contribution in [0, 0.1) is 0 Å². The van der Waals surface area contributed by atoms with E-state index in [1.807, 2.05) is 18.2 Å². The normalized spacial score (nSPS) is 15.3. The summed E-state index contributed by atoms with van der Waals surface area (Å²) in [6.45, 7) is 0.740. The van der Waals surface area contributed by atoms with Gasteiger partial charge in [0.05, 0.1) is 12.4 Å². The van der Waals surface area contributed by atoms with Gasteiger partial charge < -0.3 is 4.74 Å². The van der Waals surface area contributed by atoms with E-state index in [-0.39, 0.29) is 5.75 Å². The van der Waals surface area contributed by atoms with E-state index in [4.69, 9.17) is 15.4 Å². The molecule has 2 rings (SSSR count). The third kappa shape index (κ3) is 3.12. The van der Waals surface area contributed by atoms with Crippen molar-refractivity contribution in [2.75, 3.05) is 12.4 Å². The van der Waals surface area contributed by atoms with Crippen molar-refractivity contribution >= 4 is 19.7 Å². The SMILES string of the molecule is O=S(=O)(Cl)CCc1ccc2c(c1)OCCC2. The molecule has 0 radical (unpaired) electrons. The van der Waals surface area contributed by atoms with E-state index in [0.717, 1.165) is 30.8 Å². The maximum absolute atomic E-state index is 10.8. The Labute approximate surface area is 99.8 Å². The molecule has 0 atom stereocenters. The topological polar surface area (TPSA) is 43.4 Å². The van der Waals surface area contributed by atoms with Crippen molar-refractivity contribution in [2.24, 2.45) is 0 Å². The van der Waals surface area contributed by atoms with Crippen LogP contribution in [0.4, 0.5) is 0 Å². The van der Waals surface area contributed by atoms with Gasteiger partial charge in [-0.1, -0.05) is 12.1 Å². The van der Waals surface area contributed by atoms with E-state index < -0.39 is 9.05 Å². The van der Waals surface area contributed by atoms with Crippen LogP contribution in [-0.4, -0.2) is 20.8 Å². The number of halogens is 1. The molecule has 1 aliphatic heterocycles. The van der Waals surface area contributed by atoms with Gasteiger partial charge in [0.25, 0.3) is 0 Å². The van der Waals surface area contributed by atoms with Crippen LogP contribution in [0.15, 0.2) is 18.2 Å². The highest BCUT2D eigenvalue weighted by molar-refractivity contribution is 8.13. The minimum absolute atomic E-state index is 0.0344. The summed E-state index contributed by atoms with van der Waals surface area (Å²) in [4.78, 5) is 0. The fourth-order valence-electron chi connectivity index (χ4n) is 1.78. The molecule has 5 heteroatoms. The summed E-state index contributed by atoms with van der Waals surface area (Å²) in [7, 11) is 1.76. The lowest BCUT2D eigenvalue weighted by atomic mass is 10.0. The van der Waals surface area contributed by atoms with Gasteiger partial charge in [-0.25, -0.2) is 8.42 Å². The molecule has 0 fully saturated rings. The van der Waals surface area contributed by atoms with Crippen LogP contribution in [0.1, 0.15) is 17.5 Å². The highest BCUT2D eigenvalue weighted by atomic mass is 35.7. The highest BCUT2D eigenvalue weighted by Crippen LogP contribution is 2.26. The van der Waals surface area contributed by atoms with E-state index in [1.54, 1.807) is 0 Å². The number of benzene rings is 1. The minimum atomic E-state index is -3.41. The van der Waals surface area contributed by atoms with Crippen molar-refractivity contribution in [3.05, 3.63) is 29.3 Å². The molecular formula is C11H13ClO3S. The predicted molar refractivity (Wildman–Crippen MR) is 63.6 cm³/mol. The second-order valence-corrected chi connectivity index (χ2v) is 6.78. The molecule has 0 N–H and O–H groups in total. The summed E-state index contributed by atoms with van der Waals surface area (Å²) in [5, 5.41) is 0. The van der Waals surface area contributed by atoms with Gasteiger partial charge in [0.1, 0.15) is 5.75 Å². The van der Waals surface area contributed by atoms with Gasteiger partial charge >= 0.3 is 0 Å². The summed E-state index contributed by atoms with van der Waals surface area (Å²) in [5.41, 5.74) is 2.15. The van der Waals surface area contributed by atoms with Gasteiger partial charge in [-0.2, -0.15) is 0 Å². The fraction of sp³-hybridized carbons (Fsp3) is 0.455. The molecule has 1 aromatic carbocycles. The third-order valence-electron chi connectivity index (χ3n) is 2.61. The van der Waals surface area contributed by atoms with E-state index in [2.05, 4.69) is 0 Å². The lowest BCUT2D eigenvalue weighted by Gasteiger charge is -2.17. The Balaban J connectivity index is 2.11. The number of hydrogen-bond acceptors (Lipinski definition) is 3. The number of aryl methyl sites for hydroxylation is 2. The van der Waals surface area contributed by atoms with Crippen LogP contribution >= 0.6 is 10.7 Å². The fourth-order valence-corrected chi connectivity index (χ4v) is 2.49. The number of hydrogen-bond donors (Lipinski definition) is 0. The molecule has 3 nitrogen and oxygen atoms in total. The van der Waals surface area contributed by atoms with E-state index in [1.165, 1.54) is 5.56 Å². The molecule has 0 amide bonds. The smallest absolute Gasteiger partial charge is 0.232 e. The molecule has 0 unspecified atom stereocenters. The lowest BCUT2D eigenvalue weighted by molar-refractivity contribution is 0.288. The van der Waals surface area contributed by atoms with Gasteiger partial charge in [0.2, 0.25) is 9.05 Å². The van der Waals surface area contributed by atoms with Crippen LogP contribution in [0.2, 0.25) is 0 Å². The average Bonchev–Trinajstić information content (AvgIpc) is 2.25. The van der Waals surface area contributed by atoms with Crippen LogP contribution < -0.4 is 4.74 Å².